The molecule has 0 unspecified atom stereocenters. The van der Waals surface area contributed by atoms with Crippen LogP contribution in [0.25, 0.3) is 17.0 Å². The van der Waals surface area contributed by atoms with Crippen LogP contribution in [0.5, 0.6) is 0 Å². The van der Waals surface area contributed by atoms with Crippen molar-refractivity contribution in [2.24, 2.45) is 0 Å². The van der Waals surface area contributed by atoms with Gasteiger partial charge in [-0.25, -0.2) is 19.5 Å². The van der Waals surface area contributed by atoms with Crippen LogP contribution in [0.2, 0.25) is 0 Å². The summed E-state index contributed by atoms with van der Waals surface area (Å²) in [5.41, 5.74) is 4.45. The van der Waals surface area contributed by atoms with E-state index >= 15 is 0 Å². The van der Waals surface area contributed by atoms with Gasteiger partial charge in [0.2, 0.25) is 0 Å². The molecule has 0 amide bonds. The molecule has 24 heavy (non-hydrogen) atoms. The maximum atomic E-state index is 4.46. The van der Waals surface area contributed by atoms with Gasteiger partial charge in [0.15, 0.2) is 5.65 Å². The Morgan fingerprint density at radius 1 is 0.917 bits per heavy atom. The van der Waals surface area contributed by atoms with Crippen molar-refractivity contribution in [3.63, 3.8) is 0 Å². The molecule has 134 valence electrons. The molecule has 0 N–H and O–H groups in total. The Hall–Kier alpha value is -2.30. The molecule has 0 aromatic carbocycles. The van der Waals surface area contributed by atoms with Crippen LogP contribution >= 0.6 is 0 Å². The standard InChI is InChI=1S/C12H11N5.3C2H6.CH4/c1-8-6-10(14-7-13-8)12-9(2)16-11-4-3-5-15-17(11)12;3*1-2;/h3-7H,1-2H3;3*1-2H3;1H4. The highest BCUT2D eigenvalue weighted by Crippen LogP contribution is 2.21. The Kier molecular flexibility index (Phi) is 13.1. The number of rotatable bonds is 1. The van der Waals surface area contributed by atoms with Crippen LogP contribution in [0.4, 0.5) is 0 Å². The summed E-state index contributed by atoms with van der Waals surface area (Å²) in [7, 11) is 0. The minimum Gasteiger partial charge on any atom is -0.242 e. The van der Waals surface area contributed by atoms with Gasteiger partial charge in [-0.2, -0.15) is 5.10 Å². The number of nitrogens with zero attached hydrogens (tertiary/aromatic N) is 5. The average molecular weight is 332 g/mol. The SMILES string of the molecule is C.CC.CC.CC.Cc1cc(-c2c(C)nc3cccnn23)ncn1. The Bertz CT molecular complexity index is 689. The lowest BCUT2D eigenvalue weighted by molar-refractivity contribution is 0.933. The first-order valence-corrected chi connectivity index (χ1v) is 8.35. The predicted molar refractivity (Wildman–Crippen MR) is 104 cm³/mol. The number of hydrogen-bond acceptors (Lipinski definition) is 4. The number of hydrogen-bond donors (Lipinski definition) is 0. The lowest BCUT2D eigenvalue weighted by Crippen LogP contribution is -1.96. The van der Waals surface area contributed by atoms with Crippen molar-refractivity contribution in [1.82, 2.24) is 24.6 Å². The summed E-state index contributed by atoms with van der Waals surface area (Å²) in [6.45, 7) is 15.9. The normalized spacial score (nSPS) is 8.50. The minimum absolute atomic E-state index is 0. The molecule has 0 aliphatic heterocycles. The minimum atomic E-state index is 0. The zero-order valence-corrected chi connectivity index (χ0v) is 15.6. The third-order valence-electron chi connectivity index (χ3n) is 2.61. The van der Waals surface area contributed by atoms with Gasteiger partial charge in [0.25, 0.3) is 0 Å². The molecule has 0 spiro atoms. The van der Waals surface area contributed by atoms with Crippen LogP contribution < -0.4 is 0 Å². The van der Waals surface area contributed by atoms with E-state index in [1.165, 1.54) is 0 Å². The molecule has 0 aliphatic carbocycles. The molecule has 0 fully saturated rings. The maximum absolute atomic E-state index is 4.46. The first-order chi connectivity index (χ1) is 11.3. The summed E-state index contributed by atoms with van der Waals surface area (Å²) in [5, 5.41) is 4.30. The van der Waals surface area contributed by atoms with Gasteiger partial charge in [0, 0.05) is 11.9 Å². The van der Waals surface area contributed by atoms with Crippen LogP contribution in [-0.4, -0.2) is 24.6 Å². The molecule has 3 heterocycles. The van der Waals surface area contributed by atoms with Crippen LogP contribution in [0.15, 0.2) is 30.7 Å². The fourth-order valence-electron chi connectivity index (χ4n) is 1.88. The molecule has 0 aliphatic rings. The fraction of sp³-hybridized carbons (Fsp3) is 0.474. The first-order valence-electron chi connectivity index (χ1n) is 8.35. The van der Waals surface area contributed by atoms with Crippen molar-refractivity contribution in [3.05, 3.63) is 42.1 Å². The Labute approximate surface area is 147 Å². The number of aryl methyl sites for hydroxylation is 2. The molecule has 0 radical (unpaired) electrons. The highest BCUT2D eigenvalue weighted by molar-refractivity contribution is 5.62. The van der Waals surface area contributed by atoms with E-state index in [0.29, 0.717) is 0 Å². The van der Waals surface area contributed by atoms with Crippen LogP contribution in [0.1, 0.15) is 60.4 Å². The van der Waals surface area contributed by atoms with Gasteiger partial charge in [0.1, 0.15) is 12.0 Å². The Morgan fingerprint density at radius 2 is 1.54 bits per heavy atom. The first kappa shape index (κ1) is 24.0. The Morgan fingerprint density at radius 3 is 2.12 bits per heavy atom. The maximum Gasteiger partial charge on any atom is 0.154 e. The second-order valence-electron chi connectivity index (χ2n) is 3.88. The fourth-order valence-corrected chi connectivity index (χ4v) is 1.88. The molecule has 0 atom stereocenters. The van der Waals surface area contributed by atoms with Crippen molar-refractivity contribution < 1.29 is 0 Å². The molecule has 3 rings (SSSR count). The van der Waals surface area contributed by atoms with Gasteiger partial charge in [-0.1, -0.05) is 49.0 Å². The summed E-state index contributed by atoms with van der Waals surface area (Å²) in [6, 6.07) is 5.74. The van der Waals surface area contributed by atoms with Gasteiger partial charge in [-0.05, 0) is 32.0 Å². The molecule has 0 saturated carbocycles. The summed E-state index contributed by atoms with van der Waals surface area (Å²) in [4.78, 5) is 12.8. The third-order valence-corrected chi connectivity index (χ3v) is 2.61. The molecule has 0 bridgehead atoms. The second kappa shape index (κ2) is 13.2. The second-order valence-corrected chi connectivity index (χ2v) is 3.88. The van der Waals surface area contributed by atoms with Crippen molar-refractivity contribution >= 4 is 5.65 Å². The van der Waals surface area contributed by atoms with Crippen LogP contribution in [0.3, 0.4) is 0 Å². The summed E-state index contributed by atoms with van der Waals surface area (Å²) < 4.78 is 1.80. The lowest BCUT2D eigenvalue weighted by Gasteiger charge is -2.01. The van der Waals surface area contributed by atoms with Gasteiger partial charge >= 0.3 is 0 Å². The van der Waals surface area contributed by atoms with E-state index in [9.17, 15) is 0 Å². The number of imidazole rings is 1. The van der Waals surface area contributed by atoms with Gasteiger partial charge in [-0.3, -0.25) is 0 Å². The third kappa shape index (κ3) is 5.72. The van der Waals surface area contributed by atoms with Crippen LogP contribution in [0, 0.1) is 13.8 Å². The van der Waals surface area contributed by atoms with Crippen molar-refractivity contribution in [2.75, 3.05) is 0 Å². The molecular weight excluding hydrogens is 298 g/mol. The Balaban J connectivity index is 0. The highest BCUT2D eigenvalue weighted by atomic mass is 15.3. The predicted octanol–water partition coefficient (Wildman–Crippen LogP) is 5.52. The topological polar surface area (TPSA) is 56.0 Å². The van der Waals surface area contributed by atoms with Crippen molar-refractivity contribution in [2.45, 2.75) is 62.8 Å². The van der Waals surface area contributed by atoms with Crippen LogP contribution in [-0.2, 0) is 0 Å². The average Bonchev–Trinajstić information content (AvgIpc) is 2.96. The van der Waals surface area contributed by atoms with Gasteiger partial charge < -0.3 is 0 Å². The molecule has 3 aromatic heterocycles. The largest absolute Gasteiger partial charge is 0.242 e. The molecule has 5 heteroatoms. The lowest BCUT2D eigenvalue weighted by atomic mass is 10.2. The van der Waals surface area contributed by atoms with Crippen molar-refractivity contribution in [1.29, 1.82) is 0 Å². The van der Waals surface area contributed by atoms with Gasteiger partial charge in [-0.15, -0.1) is 0 Å². The van der Waals surface area contributed by atoms with E-state index in [0.717, 1.165) is 28.4 Å². The molecule has 3 aromatic rings. The highest BCUT2D eigenvalue weighted by Gasteiger charge is 2.12. The summed E-state index contributed by atoms with van der Waals surface area (Å²) in [6.07, 6.45) is 3.30. The zero-order valence-electron chi connectivity index (χ0n) is 15.6. The number of aromatic nitrogens is 5. The van der Waals surface area contributed by atoms with Gasteiger partial charge in [0.05, 0.1) is 11.4 Å². The van der Waals surface area contributed by atoms with E-state index in [4.69, 9.17) is 0 Å². The summed E-state index contributed by atoms with van der Waals surface area (Å²) >= 11 is 0. The van der Waals surface area contributed by atoms with E-state index in [-0.39, 0.29) is 7.43 Å². The van der Waals surface area contributed by atoms with E-state index in [1.54, 1.807) is 17.0 Å². The molecule has 0 saturated heterocycles. The quantitative estimate of drug-likeness (QED) is 0.589. The molecule has 5 nitrogen and oxygen atoms in total. The monoisotopic (exact) mass is 331 g/mol. The van der Waals surface area contributed by atoms with E-state index in [1.807, 2.05) is 73.6 Å². The van der Waals surface area contributed by atoms with E-state index < -0.39 is 0 Å². The zero-order chi connectivity index (χ0) is 17.8. The number of fused-ring (bicyclic) bond motifs is 1. The summed E-state index contributed by atoms with van der Waals surface area (Å²) in [5.74, 6) is 0. The molecular formula is C19H33N5. The van der Waals surface area contributed by atoms with E-state index in [2.05, 4.69) is 20.1 Å². The smallest absolute Gasteiger partial charge is 0.154 e. The van der Waals surface area contributed by atoms with Crippen molar-refractivity contribution in [3.8, 4) is 11.4 Å².